The number of methoxy groups -OCH3 is 1. The van der Waals surface area contributed by atoms with Crippen LogP contribution in [0.5, 0.6) is 0 Å². The normalized spacial score (nSPS) is 31.6. The lowest BCUT2D eigenvalue weighted by Gasteiger charge is -2.43. The van der Waals surface area contributed by atoms with Gasteiger partial charge in [-0.05, 0) is 25.0 Å². The fourth-order valence-electron chi connectivity index (χ4n) is 5.51. The van der Waals surface area contributed by atoms with Crippen molar-refractivity contribution in [2.24, 2.45) is 5.16 Å². The largest absolute Gasteiger partial charge is 0.394 e. The Morgan fingerprint density at radius 2 is 2.08 bits per heavy atom. The first kappa shape index (κ1) is 26.6. The molecule has 3 aliphatic heterocycles. The summed E-state index contributed by atoms with van der Waals surface area (Å²) in [5.74, 6) is -2.02. The minimum absolute atomic E-state index is 0.0166. The predicted molar refractivity (Wildman–Crippen MR) is 129 cm³/mol. The molecule has 1 unspecified atom stereocenters. The smallest absolute Gasteiger partial charge is 0.220 e. The Morgan fingerprint density at radius 1 is 1.26 bits per heavy atom. The fourth-order valence-corrected chi connectivity index (χ4v) is 5.51. The number of benzene rings is 1. The molecule has 13 heteroatoms. The summed E-state index contributed by atoms with van der Waals surface area (Å²) >= 11 is 0. The van der Waals surface area contributed by atoms with Crippen LogP contribution in [0.1, 0.15) is 43.7 Å². The predicted octanol–water partition coefficient (Wildman–Crippen LogP) is 1.41. The Bertz CT molecular complexity index is 1220. The van der Waals surface area contributed by atoms with Gasteiger partial charge in [0.1, 0.15) is 35.6 Å². The molecule has 3 N–H and O–H groups in total. The zero-order chi connectivity index (χ0) is 27.0. The average Bonchev–Trinajstić information content (AvgIpc) is 3.49. The van der Waals surface area contributed by atoms with Gasteiger partial charge in [-0.2, -0.15) is 0 Å². The second-order valence-electron chi connectivity index (χ2n) is 10.1. The molecule has 0 radical (unpaired) electrons. The monoisotopic (exact) mass is 535 g/mol. The minimum atomic E-state index is -1.23. The summed E-state index contributed by atoms with van der Waals surface area (Å²) in [6.07, 6.45) is 0.147. The molecule has 1 aromatic heterocycles. The number of rotatable bonds is 6. The Labute approximate surface area is 217 Å². The zero-order valence-electron chi connectivity index (χ0n) is 21.1. The number of aliphatic hydroxyl groups excluding tert-OH is 2. The lowest BCUT2D eigenvalue weighted by Crippen LogP contribution is -2.57. The molecule has 6 atom stereocenters. The maximum Gasteiger partial charge on any atom is 0.220 e. The summed E-state index contributed by atoms with van der Waals surface area (Å²) in [6, 6.07) is 2.01. The van der Waals surface area contributed by atoms with Gasteiger partial charge in [0.15, 0.2) is 11.6 Å². The first-order valence-corrected chi connectivity index (χ1v) is 12.6. The lowest BCUT2D eigenvalue weighted by atomic mass is 9.85. The van der Waals surface area contributed by atoms with E-state index in [4.69, 9.17) is 14.3 Å². The quantitative estimate of drug-likeness (QED) is 0.505. The van der Waals surface area contributed by atoms with Gasteiger partial charge in [0, 0.05) is 44.9 Å². The van der Waals surface area contributed by atoms with Gasteiger partial charge in [-0.3, -0.25) is 4.79 Å². The molecule has 0 aliphatic carbocycles. The molecule has 5 rings (SSSR count). The van der Waals surface area contributed by atoms with Gasteiger partial charge in [-0.1, -0.05) is 16.4 Å². The van der Waals surface area contributed by atoms with Crippen molar-refractivity contribution in [3.05, 3.63) is 35.5 Å². The second-order valence-corrected chi connectivity index (χ2v) is 10.1. The van der Waals surface area contributed by atoms with Gasteiger partial charge in [0.25, 0.3) is 0 Å². The summed E-state index contributed by atoms with van der Waals surface area (Å²) < 4.78 is 41.9. The van der Waals surface area contributed by atoms with E-state index >= 15 is 0 Å². The molecular weight excluding hydrogens is 504 g/mol. The summed E-state index contributed by atoms with van der Waals surface area (Å²) in [4.78, 5) is 17.6. The van der Waals surface area contributed by atoms with Crippen LogP contribution in [0.4, 0.5) is 8.78 Å². The average molecular weight is 536 g/mol. The third-order valence-corrected chi connectivity index (χ3v) is 7.64. The third kappa shape index (κ3) is 4.91. The van der Waals surface area contributed by atoms with E-state index in [-0.39, 0.29) is 22.7 Å². The maximum atomic E-state index is 14.6. The molecule has 206 valence electrons. The van der Waals surface area contributed by atoms with E-state index in [0.29, 0.717) is 38.6 Å². The number of hydrogen-bond donors (Lipinski definition) is 3. The van der Waals surface area contributed by atoms with Crippen molar-refractivity contribution in [3.63, 3.8) is 0 Å². The number of aryl methyl sites for hydroxylation is 1. The van der Waals surface area contributed by atoms with Crippen molar-refractivity contribution in [2.45, 2.75) is 75.1 Å². The van der Waals surface area contributed by atoms with Gasteiger partial charge in [0.2, 0.25) is 5.91 Å². The summed E-state index contributed by atoms with van der Waals surface area (Å²) in [5, 5.41) is 36.2. The number of halogens is 2. The summed E-state index contributed by atoms with van der Waals surface area (Å²) in [6.45, 7) is 1.50. The molecule has 2 fully saturated rings. The Morgan fingerprint density at radius 3 is 2.84 bits per heavy atom. The van der Waals surface area contributed by atoms with Crippen LogP contribution in [0.15, 0.2) is 23.5 Å². The fraction of sp³-hybridized carbons (Fsp3) is 0.600. The molecule has 4 heterocycles. The number of ether oxygens (including phenoxy) is 2. The molecule has 2 saturated heterocycles. The molecule has 1 aromatic carbocycles. The van der Waals surface area contributed by atoms with Crippen LogP contribution >= 0.6 is 0 Å². The van der Waals surface area contributed by atoms with Gasteiger partial charge in [-0.15, -0.1) is 5.10 Å². The number of carbonyl (C=O) groups is 1. The highest BCUT2D eigenvalue weighted by Crippen LogP contribution is 2.38. The van der Waals surface area contributed by atoms with Crippen molar-refractivity contribution < 1.29 is 38.1 Å². The highest BCUT2D eigenvalue weighted by atomic mass is 19.2. The van der Waals surface area contributed by atoms with Crippen LogP contribution in [0, 0.1) is 18.6 Å². The first-order valence-electron chi connectivity index (χ1n) is 12.6. The number of aliphatic hydroxyl groups is 2. The number of aromatic nitrogens is 3. The van der Waals surface area contributed by atoms with Crippen molar-refractivity contribution in [2.75, 3.05) is 20.3 Å². The second kappa shape index (κ2) is 10.6. The van der Waals surface area contributed by atoms with E-state index in [0.717, 1.165) is 5.71 Å². The SMILES string of the molecule is CO[C@@H]1[C@@H](n2cc(-c3ccc(C)c(F)c3F)nn2)[C@@H](O)[C@@H](CO)O[C@@H]1CC1=NOC2(CCNC(=O)CC2)C1. The number of amides is 1. The van der Waals surface area contributed by atoms with Crippen LogP contribution in [0.25, 0.3) is 11.3 Å². The molecule has 1 amide bonds. The van der Waals surface area contributed by atoms with E-state index in [1.54, 1.807) is 0 Å². The van der Waals surface area contributed by atoms with Crippen LogP contribution in [0.3, 0.4) is 0 Å². The molecule has 11 nitrogen and oxygen atoms in total. The Hall–Kier alpha value is -3.00. The maximum absolute atomic E-state index is 14.6. The molecule has 2 aromatic rings. The first-order chi connectivity index (χ1) is 18.2. The minimum Gasteiger partial charge on any atom is -0.394 e. The molecule has 0 bridgehead atoms. The third-order valence-electron chi connectivity index (χ3n) is 7.64. The molecule has 0 saturated carbocycles. The van der Waals surface area contributed by atoms with E-state index in [1.807, 2.05) is 0 Å². The number of nitrogens with zero attached hydrogens (tertiary/aromatic N) is 4. The molecule has 1 spiro atoms. The highest BCUT2D eigenvalue weighted by molar-refractivity contribution is 5.87. The molecule has 38 heavy (non-hydrogen) atoms. The van der Waals surface area contributed by atoms with Crippen LogP contribution in [-0.2, 0) is 19.1 Å². The van der Waals surface area contributed by atoms with E-state index < -0.39 is 54.3 Å². The van der Waals surface area contributed by atoms with Crippen molar-refractivity contribution in [1.29, 1.82) is 0 Å². The van der Waals surface area contributed by atoms with E-state index in [1.165, 1.54) is 37.0 Å². The summed E-state index contributed by atoms with van der Waals surface area (Å²) in [7, 11) is 1.46. The topological polar surface area (TPSA) is 140 Å². The van der Waals surface area contributed by atoms with Crippen molar-refractivity contribution in [3.8, 4) is 11.3 Å². The number of carbonyl (C=O) groups excluding carboxylic acids is 1. The van der Waals surface area contributed by atoms with Crippen molar-refractivity contribution in [1.82, 2.24) is 20.3 Å². The van der Waals surface area contributed by atoms with Crippen LogP contribution < -0.4 is 5.32 Å². The van der Waals surface area contributed by atoms with E-state index in [2.05, 4.69) is 20.8 Å². The van der Waals surface area contributed by atoms with Gasteiger partial charge in [-0.25, -0.2) is 13.5 Å². The number of hydrogen-bond acceptors (Lipinski definition) is 9. The standard InChI is InChI=1S/C25H31F2N5O6/c1-13-3-4-15(21(27)20(13)26)16-11-32(31-29-16)22-23(35)18(12-33)37-17(24(22)36-2)9-14-10-25(38-30-14)6-5-19(34)28-8-7-25/h3-4,11,17-18,22-24,33,35H,5-10,12H2,1-2H3,(H,28,34)/t17-,18-,22+,23+,24+,25?/m1/s1. The van der Waals surface area contributed by atoms with Gasteiger partial charge in [0.05, 0.1) is 24.6 Å². The Kier molecular flexibility index (Phi) is 7.45. The van der Waals surface area contributed by atoms with E-state index in [9.17, 15) is 23.8 Å². The summed E-state index contributed by atoms with van der Waals surface area (Å²) in [5.41, 5.74) is 0.340. The van der Waals surface area contributed by atoms with Crippen LogP contribution in [-0.4, -0.2) is 87.1 Å². The Balaban J connectivity index is 1.38. The number of oxime groups is 1. The highest BCUT2D eigenvalue weighted by Gasteiger charge is 2.49. The van der Waals surface area contributed by atoms with Crippen molar-refractivity contribution >= 4 is 11.6 Å². The zero-order valence-corrected chi connectivity index (χ0v) is 21.1. The van der Waals surface area contributed by atoms with Gasteiger partial charge < -0.3 is 29.8 Å². The number of nitrogens with one attached hydrogen (secondary N) is 1. The van der Waals surface area contributed by atoms with Gasteiger partial charge >= 0.3 is 0 Å². The molecular formula is C25H31F2N5O6. The van der Waals surface area contributed by atoms with Crippen LogP contribution in [0.2, 0.25) is 0 Å². The molecule has 3 aliphatic rings. The lowest BCUT2D eigenvalue weighted by molar-refractivity contribution is -0.210.